The second kappa shape index (κ2) is 4.52. The summed E-state index contributed by atoms with van der Waals surface area (Å²) in [7, 11) is 0. The summed E-state index contributed by atoms with van der Waals surface area (Å²) >= 11 is 0. The van der Waals surface area contributed by atoms with Gasteiger partial charge in [-0.2, -0.15) is 5.26 Å². The van der Waals surface area contributed by atoms with E-state index in [9.17, 15) is 0 Å². The minimum Gasteiger partial charge on any atom is -0.351 e. The van der Waals surface area contributed by atoms with Gasteiger partial charge in [-0.3, -0.25) is 0 Å². The number of rotatable bonds is 1. The Morgan fingerprint density at radius 2 is 2.06 bits per heavy atom. The van der Waals surface area contributed by atoms with Crippen LogP contribution in [0.2, 0.25) is 0 Å². The van der Waals surface area contributed by atoms with E-state index in [1.165, 1.54) is 19.3 Å². The highest BCUT2D eigenvalue weighted by atomic mass is 15.2. The second-order valence-electron chi connectivity index (χ2n) is 4.55. The third-order valence-corrected chi connectivity index (χ3v) is 3.33. The van der Waals surface area contributed by atoms with Crippen LogP contribution in [0.15, 0.2) is 18.3 Å². The van der Waals surface area contributed by atoms with E-state index in [0.717, 1.165) is 5.82 Å². The van der Waals surface area contributed by atoms with Crippen LogP contribution in [0.1, 0.15) is 38.7 Å². The molecule has 0 aromatic carbocycles. The lowest BCUT2D eigenvalue weighted by Crippen LogP contribution is -2.44. The number of nitrogens with zero attached hydrogens (tertiary/aromatic N) is 3. The molecule has 0 bridgehead atoms. The van der Waals surface area contributed by atoms with Crippen LogP contribution < -0.4 is 4.90 Å². The van der Waals surface area contributed by atoms with E-state index in [0.29, 0.717) is 17.6 Å². The largest absolute Gasteiger partial charge is 0.351 e. The number of piperidine rings is 1. The summed E-state index contributed by atoms with van der Waals surface area (Å²) in [4.78, 5) is 6.72. The first kappa shape index (κ1) is 10.9. The van der Waals surface area contributed by atoms with E-state index in [2.05, 4.69) is 29.8 Å². The summed E-state index contributed by atoms with van der Waals surface area (Å²) in [5, 5.41) is 8.90. The van der Waals surface area contributed by atoms with Crippen LogP contribution in [-0.2, 0) is 0 Å². The molecule has 0 N–H and O–H groups in total. The quantitative estimate of drug-likeness (QED) is 0.723. The lowest BCUT2D eigenvalue weighted by Gasteiger charge is -2.40. The van der Waals surface area contributed by atoms with Gasteiger partial charge in [0.15, 0.2) is 0 Å². The molecule has 3 nitrogen and oxygen atoms in total. The summed E-state index contributed by atoms with van der Waals surface area (Å²) in [5.74, 6) is 0.943. The van der Waals surface area contributed by atoms with Crippen LogP contribution in [0.3, 0.4) is 0 Å². The van der Waals surface area contributed by atoms with E-state index < -0.39 is 0 Å². The van der Waals surface area contributed by atoms with E-state index in [1.807, 2.05) is 6.07 Å². The first-order valence-electron chi connectivity index (χ1n) is 5.87. The van der Waals surface area contributed by atoms with Crippen molar-refractivity contribution in [2.75, 3.05) is 4.90 Å². The Morgan fingerprint density at radius 3 is 2.69 bits per heavy atom. The first-order chi connectivity index (χ1) is 7.72. The molecule has 84 valence electrons. The highest BCUT2D eigenvalue weighted by molar-refractivity contribution is 5.46. The molecule has 1 aliphatic rings. The van der Waals surface area contributed by atoms with Crippen molar-refractivity contribution in [3.8, 4) is 6.07 Å². The number of pyridine rings is 1. The van der Waals surface area contributed by atoms with E-state index in [4.69, 9.17) is 5.26 Å². The molecule has 1 fully saturated rings. The molecule has 0 radical (unpaired) electrons. The van der Waals surface area contributed by atoms with Gasteiger partial charge < -0.3 is 4.90 Å². The van der Waals surface area contributed by atoms with Crippen LogP contribution in [0.4, 0.5) is 5.82 Å². The molecule has 3 heteroatoms. The van der Waals surface area contributed by atoms with Gasteiger partial charge in [-0.1, -0.05) is 0 Å². The summed E-state index contributed by atoms with van der Waals surface area (Å²) in [6.45, 7) is 4.47. The molecule has 2 atom stereocenters. The van der Waals surface area contributed by atoms with E-state index in [1.54, 1.807) is 12.3 Å². The fourth-order valence-corrected chi connectivity index (χ4v) is 2.50. The number of aromatic nitrogens is 1. The van der Waals surface area contributed by atoms with Gasteiger partial charge in [0.2, 0.25) is 0 Å². The molecule has 1 saturated heterocycles. The summed E-state index contributed by atoms with van der Waals surface area (Å²) in [6.07, 6.45) is 5.43. The topological polar surface area (TPSA) is 39.9 Å². The SMILES string of the molecule is CC1CCCC(C)N1c1cc(C#N)ccn1. The molecule has 16 heavy (non-hydrogen) atoms. The van der Waals surface area contributed by atoms with Crippen molar-refractivity contribution in [1.29, 1.82) is 5.26 Å². The van der Waals surface area contributed by atoms with Crippen molar-refractivity contribution in [3.05, 3.63) is 23.9 Å². The molecule has 0 saturated carbocycles. The van der Waals surface area contributed by atoms with Crippen LogP contribution >= 0.6 is 0 Å². The molecule has 0 amide bonds. The highest BCUT2D eigenvalue weighted by Crippen LogP contribution is 2.27. The van der Waals surface area contributed by atoms with Crippen LogP contribution in [0, 0.1) is 11.3 Å². The molecule has 1 aromatic heterocycles. The van der Waals surface area contributed by atoms with Gasteiger partial charge in [0.25, 0.3) is 0 Å². The number of hydrogen-bond donors (Lipinski definition) is 0. The Morgan fingerprint density at radius 1 is 1.38 bits per heavy atom. The fraction of sp³-hybridized carbons (Fsp3) is 0.538. The molecule has 1 aromatic rings. The summed E-state index contributed by atoms with van der Waals surface area (Å²) in [5.41, 5.74) is 0.690. The third-order valence-electron chi connectivity index (χ3n) is 3.33. The van der Waals surface area contributed by atoms with Crippen molar-refractivity contribution in [3.63, 3.8) is 0 Å². The van der Waals surface area contributed by atoms with Gasteiger partial charge in [0, 0.05) is 18.3 Å². The van der Waals surface area contributed by atoms with Gasteiger partial charge in [-0.15, -0.1) is 0 Å². The molecule has 1 aliphatic heterocycles. The average Bonchev–Trinajstić information content (AvgIpc) is 2.29. The van der Waals surface area contributed by atoms with Gasteiger partial charge in [0.1, 0.15) is 5.82 Å². The van der Waals surface area contributed by atoms with Crippen molar-refractivity contribution in [1.82, 2.24) is 4.98 Å². The Bertz CT molecular complexity index is 398. The monoisotopic (exact) mass is 215 g/mol. The molecule has 2 rings (SSSR count). The van der Waals surface area contributed by atoms with Gasteiger partial charge in [-0.25, -0.2) is 4.98 Å². The van der Waals surface area contributed by atoms with E-state index in [-0.39, 0.29) is 0 Å². The number of nitriles is 1. The van der Waals surface area contributed by atoms with Crippen LogP contribution in [-0.4, -0.2) is 17.1 Å². The maximum atomic E-state index is 8.90. The van der Waals surface area contributed by atoms with Crippen LogP contribution in [0.5, 0.6) is 0 Å². The van der Waals surface area contributed by atoms with Crippen LogP contribution in [0.25, 0.3) is 0 Å². The Balaban J connectivity index is 2.31. The molecule has 0 aliphatic carbocycles. The van der Waals surface area contributed by atoms with Gasteiger partial charge in [0.05, 0.1) is 11.6 Å². The standard InChI is InChI=1S/C13H17N3/c1-10-4-3-5-11(2)16(10)13-8-12(9-14)6-7-15-13/h6-8,10-11H,3-5H2,1-2H3. The van der Waals surface area contributed by atoms with Crippen molar-refractivity contribution < 1.29 is 0 Å². The summed E-state index contributed by atoms with van der Waals surface area (Å²) in [6, 6.07) is 6.85. The maximum Gasteiger partial charge on any atom is 0.130 e. The Labute approximate surface area is 96.7 Å². The smallest absolute Gasteiger partial charge is 0.130 e. The average molecular weight is 215 g/mol. The second-order valence-corrected chi connectivity index (χ2v) is 4.55. The zero-order valence-electron chi connectivity index (χ0n) is 9.85. The highest BCUT2D eigenvalue weighted by Gasteiger charge is 2.25. The van der Waals surface area contributed by atoms with E-state index >= 15 is 0 Å². The molecule has 2 heterocycles. The minimum atomic E-state index is 0.519. The Kier molecular flexibility index (Phi) is 3.09. The van der Waals surface area contributed by atoms with Crippen molar-refractivity contribution in [2.24, 2.45) is 0 Å². The normalized spacial score (nSPS) is 25.2. The lowest BCUT2D eigenvalue weighted by atomic mass is 9.97. The number of anilines is 1. The molecule has 0 spiro atoms. The summed E-state index contributed by atoms with van der Waals surface area (Å²) < 4.78 is 0. The minimum absolute atomic E-state index is 0.519. The zero-order valence-corrected chi connectivity index (χ0v) is 9.85. The first-order valence-corrected chi connectivity index (χ1v) is 5.87. The molecular weight excluding hydrogens is 198 g/mol. The van der Waals surface area contributed by atoms with Gasteiger partial charge in [-0.05, 0) is 45.2 Å². The third kappa shape index (κ3) is 2.01. The van der Waals surface area contributed by atoms with Crippen molar-refractivity contribution >= 4 is 5.82 Å². The fourth-order valence-electron chi connectivity index (χ4n) is 2.50. The molecular formula is C13H17N3. The number of hydrogen-bond acceptors (Lipinski definition) is 3. The molecule has 2 unspecified atom stereocenters. The lowest BCUT2D eigenvalue weighted by molar-refractivity contribution is 0.411. The predicted molar refractivity (Wildman–Crippen MR) is 64.2 cm³/mol. The van der Waals surface area contributed by atoms with Gasteiger partial charge >= 0.3 is 0 Å². The van der Waals surface area contributed by atoms with Crippen molar-refractivity contribution in [2.45, 2.75) is 45.2 Å². The Hall–Kier alpha value is -1.56. The predicted octanol–water partition coefficient (Wildman–Crippen LogP) is 2.72. The maximum absolute atomic E-state index is 8.90. The zero-order chi connectivity index (χ0) is 11.5.